The SMILES string of the molecule is C=CCc1cc(C(C)(C)c2ccc(Oc3ccc(S(=O)(=O)c4ccc(OC)cc4)cc3)c(/C=C/C)c2)ccc1Oc1ccc(S(=O)(=O)c2ccc(Oc3ccc(C(C)(C)c4ccc(Oc5ccc(S(=O)(=O)c6ccc(Oc7cccc(N)c7)cc6)cc5)cc4)cc3)cc2)cc1. The second-order valence-electron chi connectivity index (χ2n) is 23.5. The molecule has 16 heteroatoms. The van der Waals surface area contributed by atoms with Crippen molar-refractivity contribution in [1.29, 1.82) is 0 Å². The molecule has 0 saturated carbocycles. The van der Waals surface area contributed by atoms with Gasteiger partial charge >= 0.3 is 0 Å². The van der Waals surface area contributed by atoms with Gasteiger partial charge in [0.05, 0.1) is 36.5 Å². The Labute approximate surface area is 555 Å². The molecule has 0 bridgehead atoms. The van der Waals surface area contributed by atoms with Gasteiger partial charge in [0.25, 0.3) is 0 Å². The summed E-state index contributed by atoms with van der Waals surface area (Å²) < 4.78 is 118. The van der Waals surface area contributed by atoms with E-state index in [9.17, 15) is 25.3 Å². The minimum Gasteiger partial charge on any atom is -0.497 e. The number of hydrogen-bond acceptors (Lipinski definition) is 13. The van der Waals surface area contributed by atoms with E-state index in [1.807, 2.05) is 97.9 Å². The third-order valence-electron chi connectivity index (χ3n) is 16.4. The van der Waals surface area contributed by atoms with Crippen LogP contribution in [0.3, 0.4) is 0 Å². The van der Waals surface area contributed by atoms with E-state index in [0.717, 1.165) is 33.4 Å². The summed E-state index contributed by atoms with van der Waals surface area (Å²) >= 11 is 0. The molecule has 0 atom stereocenters. The Morgan fingerprint density at radius 2 is 0.684 bits per heavy atom. The summed E-state index contributed by atoms with van der Waals surface area (Å²) in [5.74, 6) is 5.85. The Morgan fingerprint density at radius 1 is 0.368 bits per heavy atom. The van der Waals surface area contributed by atoms with Crippen molar-refractivity contribution in [3.8, 4) is 63.2 Å². The van der Waals surface area contributed by atoms with Crippen molar-refractivity contribution >= 4 is 41.3 Å². The van der Waals surface area contributed by atoms with Gasteiger partial charge in [0.15, 0.2) is 0 Å². The number of sulfone groups is 3. The number of benzene rings is 11. The van der Waals surface area contributed by atoms with Gasteiger partial charge in [-0.15, -0.1) is 6.58 Å². The monoisotopic (exact) mass is 1320 g/mol. The van der Waals surface area contributed by atoms with Gasteiger partial charge in [-0.05, 0) is 241 Å². The zero-order valence-electron chi connectivity index (χ0n) is 53.1. The lowest BCUT2D eigenvalue weighted by Gasteiger charge is -2.28. The van der Waals surface area contributed by atoms with E-state index in [1.54, 1.807) is 97.1 Å². The maximum absolute atomic E-state index is 13.9. The number of methoxy groups -OCH3 is 1. The molecule has 0 aliphatic carbocycles. The minimum absolute atomic E-state index is 0.104. The third-order valence-corrected chi connectivity index (χ3v) is 21.8. The standard InChI is InChI=1S/C79H69NO12S3/c1-8-11-54-51-58(19-49-76(54)91-67-33-45-74(46-34-67)93(81,82)70-37-25-61(87-7)26-38-70)79(5,6)59-20-50-77(55(52-59)12-9-2)92-68-35-47-75(48-36-68)95(85,86)72-41-29-65(30-42-72)89-63-23-17-57(18-24-63)78(3,4)56-15-21-62(22-16-56)88-64-27-39-71(40-28-64)94(83,84)73-43-31-66(32-44-73)90-69-14-10-13-60(80)53-69/h8-11,13-53H,2,12,80H2,1,3-7H3/b11-8+. The van der Waals surface area contributed by atoms with E-state index in [1.165, 1.54) is 79.9 Å². The van der Waals surface area contributed by atoms with Crippen LogP contribution in [0.25, 0.3) is 6.08 Å². The summed E-state index contributed by atoms with van der Waals surface area (Å²) in [7, 11) is -9.95. The van der Waals surface area contributed by atoms with Crippen LogP contribution < -0.4 is 34.2 Å². The minimum atomic E-state index is -3.91. The summed E-state index contributed by atoms with van der Waals surface area (Å²) in [6.07, 6.45) is 6.24. The maximum Gasteiger partial charge on any atom is 0.206 e. The van der Waals surface area contributed by atoms with Gasteiger partial charge in [0.1, 0.15) is 63.2 Å². The van der Waals surface area contributed by atoms with Crippen LogP contribution in [0.15, 0.2) is 303 Å². The largest absolute Gasteiger partial charge is 0.497 e. The Kier molecular flexibility index (Phi) is 19.1. The Bertz CT molecular complexity index is 4940. The van der Waals surface area contributed by atoms with Crippen LogP contribution in [0.5, 0.6) is 63.2 Å². The van der Waals surface area contributed by atoms with E-state index < -0.39 is 40.3 Å². The van der Waals surface area contributed by atoms with E-state index in [2.05, 4.69) is 46.4 Å². The Morgan fingerprint density at radius 3 is 1.05 bits per heavy atom. The lowest BCUT2D eigenvalue weighted by Crippen LogP contribution is -2.19. The number of anilines is 1. The highest BCUT2D eigenvalue weighted by Gasteiger charge is 2.28. The maximum atomic E-state index is 13.9. The molecule has 2 N–H and O–H groups in total. The second kappa shape index (κ2) is 27.5. The third kappa shape index (κ3) is 14.8. The van der Waals surface area contributed by atoms with Gasteiger partial charge in [-0.1, -0.05) is 94.5 Å². The van der Waals surface area contributed by atoms with Crippen molar-refractivity contribution in [3.63, 3.8) is 0 Å². The molecule has 0 spiro atoms. The normalized spacial score (nSPS) is 12.0. The van der Waals surface area contributed by atoms with Gasteiger partial charge in [-0.2, -0.15) is 0 Å². The van der Waals surface area contributed by atoms with Crippen molar-refractivity contribution in [2.45, 2.75) is 81.2 Å². The quantitative estimate of drug-likeness (QED) is 0.0446. The van der Waals surface area contributed by atoms with E-state index in [4.69, 9.17) is 34.2 Å². The number of nitrogen functional groups attached to an aromatic ring is 1. The molecule has 0 unspecified atom stereocenters. The number of hydrogen-bond donors (Lipinski definition) is 1. The van der Waals surface area contributed by atoms with Crippen LogP contribution in [0, 0.1) is 0 Å². The predicted molar refractivity (Wildman–Crippen MR) is 371 cm³/mol. The fourth-order valence-electron chi connectivity index (χ4n) is 10.8. The molecule has 0 amide bonds. The zero-order valence-corrected chi connectivity index (χ0v) is 55.5. The molecular weight excluding hydrogens is 1250 g/mol. The van der Waals surface area contributed by atoms with Gasteiger partial charge in [-0.3, -0.25) is 0 Å². The van der Waals surface area contributed by atoms with Gasteiger partial charge in [-0.25, -0.2) is 25.3 Å². The number of rotatable bonds is 24. The van der Waals surface area contributed by atoms with Crippen molar-refractivity contribution < 1.29 is 53.7 Å². The van der Waals surface area contributed by atoms with Crippen LogP contribution in [0.2, 0.25) is 0 Å². The first-order chi connectivity index (χ1) is 45.5. The van der Waals surface area contributed by atoms with Crippen molar-refractivity contribution in [1.82, 2.24) is 0 Å². The summed E-state index contributed by atoms with van der Waals surface area (Å²) in [4.78, 5) is 0.774. The molecule has 0 radical (unpaired) electrons. The summed E-state index contributed by atoms with van der Waals surface area (Å²) in [6.45, 7) is 14.5. The van der Waals surface area contributed by atoms with Gasteiger partial charge in [0.2, 0.25) is 29.5 Å². The first kappa shape index (κ1) is 65.8. The molecule has 0 heterocycles. The molecule has 11 rings (SSSR count). The first-order valence-electron chi connectivity index (χ1n) is 30.4. The topological polar surface area (TPSA) is 184 Å². The van der Waals surface area contributed by atoms with Crippen LogP contribution in [0.1, 0.15) is 68.0 Å². The molecule has 0 aliphatic heterocycles. The Hall–Kier alpha value is -10.7. The molecule has 480 valence electrons. The number of nitrogens with two attached hydrogens (primary N) is 1. The molecule has 11 aromatic carbocycles. The van der Waals surface area contributed by atoms with E-state index in [-0.39, 0.29) is 29.4 Å². The lowest BCUT2D eigenvalue weighted by atomic mass is 9.77. The van der Waals surface area contributed by atoms with Crippen molar-refractivity contribution in [2.75, 3.05) is 12.8 Å². The smallest absolute Gasteiger partial charge is 0.206 e. The fourth-order valence-corrected chi connectivity index (χ4v) is 14.6. The van der Waals surface area contributed by atoms with Gasteiger partial charge < -0.3 is 34.2 Å². The number of allylic oxidation sites excluding steroid dienone is 2. The average molecular weight is 1320 g/mol. The molecule has 0 aromatic heterocycles. The van der Waals surface area contributed by atoms with Crippen LogP contribution >= 0.6 is 0 Å². The molecule has 0 fully saturated rings. The van der Waals surface area contributed by atoms with Crippen molar-refractivity contribution in [3.05, 3.63) is 307 Å². The van der Waals surface area contributed by atoms with E-state index in [0.29, 0.717) is 75.4 Å². The Balaban J connectivity index is 0.681. The van der Waals surface area contributed by atoms with Crippen LogP contribution in [-0.2, 0) is 46.8 Å². The highest BCUT2D eigenvalue weighted by atomic mass is 32.2. The highest BCUT2D eigenvalue weighted by Crippen LogP contribution is 2.41. The lowest BCUT2D eigenvalue weighted by molar-refractivity contribution is 0.414. The summed E-state index contributed by atoms with van der Waals surface area (Å²) in [5.41, 5.74) is 11.4. The van der Waals surface area contributed by atoms with Crippen molar-refractivity contribution in [2.24, 2.45) is 0 Å². The molecule has 13 nitrogen and oxygen atoms in total. The van der Waals surface area contributed by atoms with E-state index >= 15 is 0 Å². The highest BCUT2D eigenvalue weighted by molar-refractivity contribution is 7.92. The second-order valence-corrected chi connectivity index (χ2v) is 29.3. The number of ether oxygens (including phenoxy) is 6. The molecule has 95 heavy (non-hydrogen) atoms. The van der Waals surface area contributed by atoms with Crippen LogP contribution in [-0.4, -0.2) is 32.4 Å². The molecule has 0 aliphatic rings. The average Bonchev–Trinajstić information content (AvgIpc) is 0.819. The fraction of sp³-hybridized carbons (Fsp3) is 0.114. The summed E-state index contributed by atoms with van der Waals surface area (Å²) in [6, 6.07) is 72.4. The zero-order chi connectivity index (χ0) is 67.1. The molecule has 0 saturated heterocycles. The summed E-state index contributed by atoms with van der Waals surface area (Å²) in [5, 5.41) is 0. The predicted octanol–water partition coefficient (Wildman–Crippen LogP) is 19.2. The van der Waals surface area contributed by atoms with Crippen LogP contribution in [0.4, 0.5) is 5.69 Å². The molecular formula is C79H69NO12S3. The molecule has 11 aromatic rings. The van der Waals surface area contributed by atoms with Gasteiger partial charge in [0, 0.05) is 28.1 Å². The first-order valence-corrected chi connectivity index (χ1v) is 34.9.